The minimum absolute atomic E-state index is 0.0193. The zero-order valence-electron chi connectivity index (χ0n) is 11.4. The Balaban J connectivity index is 2.16. The van der Waals surface area contributed by atoms with E-state index in [1.165, 1.54) is 6.20 Å². The number of carbonyl (C=O) groups excluding carboxylic acids is 3. The number of imide groups is 2. The summed E-state index contributed by atoms with van der Waals surface area (Å²) in [5.74, 6) is -1.79. The minimum atomic E-state index is -0.795. The van der Waals surface area contributed by atoms with Crippen LogP contribution in [0.2, 0.25) is 0 Å². The summed E-state index contributed by atoms with van der Waals surface area (Å²) in [7, 11) is 0. The first-order chi connectivity index (χ1) is 9.52. The number of hydrogen-bond acceptors (Lipinski definition) is 5. The number of aryl methyl sites for hydroxylation is 1. The van der Waals surface area contributed by atoms with Crippen molar-refractivity contribution in [2.45, 2.75) is 33.2 Å². The molecule has 1 aromatic heterocycles. The van der Waals surface area contributed by atoms with Gasteiger partial charge >= 0.3 is 6.03 Å². The van der Waals surface area contributed by atoms with E-state index in [0.717, 1.165) is 10.6 Å². The lowest BCUT2D eigenvalue weighted by molar-refractivity contribution is -0.143. The number of nitrogens with zero attached hydrogens (tertiary/aromatic N) is 3. The van der Waals surface area contributed by atoms with Crippen LogP contribution in [0.25, 0.3) is 0 Å². The van der Waals surface area contributed by atoms with Gasteiger partial charge in [-0.25, -0.2) is 4.79 Å². The van der Waals surface area contributed by atoms with Crippen LogP contribution < -0.4 is 5.32 Å². The first-order valence-electron chi connectivity index (χ1n) is 6.46. The predicted molar refractivity (Wildman–Crippen MR) is 69.3 cm³/mol. The summed E-state index contributed by atoms with van der Waals surface area (Å²) < 4.78 is 0. The van der Waals surface area contributed by atoms with Crippen LogP contribution >= 0.6 is 0 Å². The molecule has 106 valence electrons. The summed E-state index contributed by atoms with van der Waals surface area (Å²) in [4.78, 5) is 44.8. The molecule has 0 saturated carbocycles. The highest BCUT2D eigenvalue weighted by Gasteiger charge is 2.39. The fourth-order valence-electron chi connectivity index (χ4n) is 2.02. The predicted octanol–water partition coefficient (Wildman–Crippen LogP) is 0.780. The van der Waals surface area contributed by atoms with Crippen molar-refractivity contribution in [3.8, 4) is 0 Å². The average molecular weight is 276 g/mol. The molecule has 0 bridgehead atoms. The molecular formula is C13H16N4O3. The van der Waals surface area contributed by atoms with Crippen molar-refractivity contribution in [2.24, 2.45) is 5.92 Å². The fourth-order valence-corrected chi connectivity index (χ4v) is 2.02. The second kappa shape index (κ2) is 5.77. The van der Waals surface area contributed by atoms with E-state index in [-0.39, 0.29) is 6.54 Å². The molecule has 2 heterocycles. The van der Waals surface area contributed by atoms with Crippen molar-refractivity contribution < 1.29 is 14.4 Å². The first-order valence-corrected chi connectivity index (χ1v) is 6.46. The summed E-state index contributed by atoms with van der Waals surface area (Å²) in [6, 6.07) is -0.699. The quantitative estimate of drug-likeness (QED) is 0.820. The molecular weight excluding hydrogens is 260 g/mol. The molecule has 2 rings (SSSR count). The van der Waals surface area contributed by atoms with Crippen LogP contribution in [0.5, 0.6) is 0 Å². The molecule has 0 radical (unpaired) electrons. The van der Waals surface area contributed by atoms with Crippen LogP contribution in [0.15, 0.2) is 12.4 Å². The highest BCUT2D eigenvalue weighted by molar-refractivity contribution is 6.16. The van der Waals surface area contributed by atoms with Gasteiger partial charge in [-0.15, -0.1) is 0 Å². The van der Waals surface area contributed by atoms with Gasteiger partial charge in [-0.1, -0.05) is 13.3 Å². The maximum atomic E-state index is 12.2. The molecule has 1 unspecified atom stereocenters. The second-order valence-electron chi connectivity index (χ2n) is 4.71. The van der Waals surface area contributed by atoms with E-state index in [4.69, 9.17) is 0 Å². The van der Waals surface area contributed by atoms with Crippen molar-refractivity contribution in [3.63, 3.8) is 0 Å². The van der Waals surface area contributed by atoms with Crippen molar-refractivity contribution >= 4 is 17.8 Å². The van der Waals surface area contributed by atoms with Crippen LogP contribution in [0.3, 0.4) is 0 Å². The number of rotatable bonds is 4. The number of hydrogen-bond donors (Lipinski definition) is 1. The molecule has 1 saturated heterocycles. The molecule has 1 aliphatic rings. The number of amides is 4. The van der Waals surface area contributed by atoms with Crippen LogP contribution in [-0.4, -0.2) is 32.7 Å². The molecule has 7 heteroatoms. The standard InChI is InChI=1S/C13H16N4O3/c1-3-4-10-11(18)16-13(20)17(12(10)19)7-9-6-14-8(2)5-15-9/h5-6,10H,3-4,7H2,1-2H3,(H,16,18,20). The smallest absolute Gasteiger partial charge is 0.277 e. The van der Waals surface area contributed by atoms with Gasteiger partial charge in [0.05, 0.1) is 24.1 Å². The topological polar surface area (TPSA) is 92.3 Å². The van der Waals surface area contributed by atoms with E-state index >= 15 is 0 Å². The van der Waals surface area contributed by atoms with Gasteiger partial charge in [0, 0.05) is 6.20 Å². The van der Waals surface area contributed by atoms with E-state index in [0.29, 0.717) is 18.5 Å². The Hall–Kier alpha value is -2.31. The monoisotopic (exact) mass is 276 g/mol. The van der Waals surface area contributed by atoms with Gasteiger partial charge in [-0.3, -0.25) is 29.8 Å². The number of aromatic nitrogens is 2. The Morgan fingerprint density at radius 3 is 2.60 bits per heavy atom. The second-order valence-corrected chi connectivity index (χ2v) is 4.71. The number of urea groups is 1. The zero-order chi connectivity index (χ0) is 14.7. The van der Waals surface area contributed by atoms with Crippen LogP contribution in [0, 0.1) is 12.8 Å². The number of nitrogens with one attached hydrogen (secondary N) is 1. The third kappa shape index (κ3) is 2.81. The molecule has 1 aromatic rings. The summed E-state index contributed by atoms with van der Waals surface area (Å²) in [6.45, 7) is 3.70. The van der Waals surface area contributed by atoms with Crippen LogP contribution in [0.4, 0.5) is 4.79 Å². The fraction of sp³-hybridized carbons (Fsp3) is 0.462. The maximum absolute atomic E-state index is 12.2. The molecule has 1 aliphatic heterocycles. The van der Waals surface area contributed by atoms with Gasteiger partial charge in [0.2, 0.25) is 11.8 Å². The van der Waals surface area contributed by atoms with Gasteiger partial charge in [0.25, 0.3) is 0 Å². The maximum Gasteiger partial charge on any atom is 0.331 e. The van der Waals surface area contributed by atoms with Gasteiger partial charge < -0.3 is 0 Å². The Morgan fingerprint density at radius 2 is 2.00 bits per heavy atom. The molecule has 20 heavy (non-hydrogen) atoms. The van der Waals surface area contributed by atoms with Crippen molar-refractivity contribution in [1.29, 1.82) is 0 Å². The highest BCUT2D eigenvalue weighted by Crippen LogP contribution is 2.17. The van der Waals surface area contributed by atoms with Crippen LogP contribution in [0.1, 0.15) is 31.2 Å². The Labute approximate surface area is 116 Å². The first kappa shape index (κ1) is 14.1. The minimum Gasteiger partial charge on any atom is -0.277 e. The summed E-state index contributed by atoms with van der Waals surface area (Å²) in [5, 5.41) is 2.21. The molecule has 0 spiro atoms. The average Bonchev–Trinajstić information content (AvgIpc) is 2.41. The Morgan fingerprint density at radius 1 is 1.25 bits per heavy atom. The van der Waals surface area contributed by atoms with Gasteiger partial charge in [0.1, 0.15) is 5.92 Å². The molecule has 0 aromatic carbocycles. The summed E-state index contributed by atoms with van der Waals surface area (Å²) >= 11 is 0. The third-order valence-corrected chi connectivity index (χ3v) is 3.09. The lowest BCUT2D eigenvalue weighted by Gasteiger charge is -2.29. The van der Waals surface area contributed by atoms with E-state index in [1.807, 2.05) is 6.92 Å². The highest BCUT2D eigenvalue weighted by atomic mass is 16.2. The van der Waals surface area contributed by atoms with E-state index in [2.05, 4.69) is 15.3 Å². The molecule has 0 aliphatic carbocycles. The SMILES string of the molecule is CCCC1C(=O)NC(=O)N(Cc2cnc(C)cn2)C1=O. The van der Waals surface area contributed by atoms with Crippen molar-refractivity contribution in [2.75, 3.05) is 0 Å². The van der Waals surface area contributed by atoms with E-state index in [9.17, 15) is 14.4 Å². The van der Waals surface area contributed by atoms with Gasteiger partial charge in [-0.2, -0.15) is 0 Å². The normalized spacial score (nSPS) is 19.2. The lowest BCUT2D eigenvalue weighted by Crippen LogP contribution is -2.57. The number of barbiturate groups is 1. The molecule has 7 nitrogen and oxygen atoms in total. The number of carbonyl (C=O) groups is 3. The van der Waals surface area contributed by atoms with Gasteiger partial charge in [-0.05, 0) is 13.3 Å². The lowest BCUT2D eigenvalue weighted by atomic mass is 9.99. The Bertz CT molecular complexity index is 541. The van der Waals surface area contributed by atoms with Crippen molar-refractivity contribution in [3.05, 3.63) is 23.8 Å². The molecule has 4 amide bonds. The molecule has 1 N–H and O–H groups in total. The van der Waals surface area contributed by atoms with Crippen molar-refractivity contribution in [1.82, 2.24) is 20.2 Å². The van der Waals surface area contributed by atoms with Crippen LogP contribution in [-0.2, 0) is 16.1 Å². The van der Waals surface area contributed by atoms with Gasteiger partial charge in [0.15, 0.2) is 0 Å². The molecule has 1 atom stereocenters. The van der Waals surface area contributed by atoms with E-state index < -0.39 is 23.8 Å². The Kier molecular flexibility index (Phi) is 4.07. The summed E-state index contributed by atoms with van der Waals surface area (Å²) in [6.07, 6.45) is 4.20. The largest absolute Gasteiger partial charge is 0.331 e. The third-order valence-electron chi connectivity index (χ3n) is 3.09. The summed E-state index contributed by atoms with van der Waals surface area (Å²) in [5.41, 5.74) is 1.26. The zero-order valence-corrected chi connectivity index (χ0v) is 11.4. The molecule has 1 fully saturated rings. The van der Waals surface area contributed by atoms with E-state index in [1.54, 1.807) is 13.1 Å².